The molecule has 0 unspecified atom stereocenters. The summed E-state index contributed by atoms with van der Waals surface area (Å²) >= 11 is 0. The van der Waals surface area contributed by atoms with Crippen LogP contribution in [0.4, 0.5) is 0 Å². The van der Waals surface area contributed by atoms with Gasteiger partial charge in [-0.25, -0.2) is 0 Å². The molecule has 1 aromatic heterocycles. The Morgan fingerprint density at radius 2 is 1.84 bits per heavy atom. The molecule has 2 aliphatic rings. The van der Waals surface area contributed by atoms with Crippen LogP contribution in [-0.2, 0) is 6.54 Å². The Morgan fingerprint density at radius 3 is 2.48 bits per heavy atom. The number of rotatable bonds is 5. The van der Waals surface area contributed by atoms with Crippen molar-refractivity contribution in [3.05, 3.63) is 11.7 Å². The van der Waals surface area contributed by atoms with E-state index in [2.05, 4.69) is 30.7 Å². The van der Waals surface area contributed by atoms with Crippen molar-refractivity contribution in [1.29, 1.82) is 0 Å². The third-order valence-corrected chi connectivity index (χ3v) is 5.60. The molecule has 1 saturated carbocycles. The van der Waals surface area contributed by atoms with Crippen LogP contribution in [-0.4, -0.2) is 53.2 Å². The second kappa shape index (κ2) is 8.65. The molecule has 7 heteroatoms. The first-order chi connectivity index (χ1) is 12.2. The average Bonchev–Trinajstić information content (AvgIpc) is 3.08. The number of aryl methyl sites for hydroxylation is 1. The minimum atomic E-state index is 0.289. The van der Waals surface area contributed by atoms with Crippen LogP contribution in [0.15, 0.2) is 9.52 Å². The van der Waals surface area contributed by atoms with Crippen molar-refractivity contribution in [1.82, 2.24) is 25.7 Å². The van der Waals surface area contributed by atoms with Gasteiger partial charge in [0, 0.05) is 19.1 Å². The van der Waals surface area contributed by atoms with Crippen LogP contribution in [0.25, 0.3) is 0 Å². The highest BCUT2D eigenvalue weighted by Crippen LogP contribution is 2.35. The summed E-state index contributed by atoms with van der Waals surface area (Å²) in [7, 11) is 1.81. The van der Waals surface area contributed by atoms with E-state index in [4.69, 9.17) is 4.52 Å². The number of likely N-dealkylation sites (tertiary alicyclic amines) is 1. The number of nitrogens with zero attached hydrogens (tertiary/aromatic N) is 4. The molecule has 1 aromatic rings. The lowest BCUT2D eigenvalue weighted by Gasteiger charge is -2.48. The van der Waals surface area contributed by atoms with E-state index in [-0.39, 0.29) is 5.54 Å². The van der Waals surface area contributed by atoms with Crippen molar-refractivity contribution in [3.8, 4) is 0 Å². The van der Waals surface area contributed by atoms with Gasteiger partial charge < -0.3 is 15.2 Å². The smallest absolute Gasteiger partial charge is 0.246 e. The molecule has 3 rings (SSSR count). The van der Waals surface area contributed by atoms with Crippen molar-refractivity contribution in [2.75, 3.05) is 26.7 Å². The molecule has 25 heavy (non-hydrogen) atoms. The van der Waals surface area contributed by atoms with E-state index in [0.717, 1.165) is 12.5 Å². The molecular weight excluding hydrogens is 316 g/mol. The van der Waals surface area contributed by atoms with Gasteiger partial charge in [0.1, 0.15) is 0 Å². The first-order valence-corrected chi connectivity index (χ1v) is 9.71. The highest BCUT2D eigenvalue weighted by Gasteiger charge is 2.38. The highest BCUT2D eigenvalue weighted by molar-refractivity contribution is 5.79. The fraction of sp³-hybridized carbons (Fsp3) is 0.833. The largest absolute Gasteiger partial charge is 0.355 e. The normalized spacial score (nSPS) is 21.9. The lowest BCUT2D eigenvalue weighted by molar-refractivity contribution is 0.0368. The Balaban J connectivity index is 1.57. The molecule has 1 aliphatic carbocycles. The Labute approximate surface area is 150 Å². The summed E-state index contributed by atoms with van der Waals surface area (Å²) < 4.78 is 5.15. The Kier molecular flexibility index (Phi) is 6.29. The molecule has 0 spiro atoms. The van der Waals surface area contributed by atoms with Gasteiger partial charge in [0.15, 0.2) is 11.8 Å². The molecule has 0 atom stereocenters. The number of aromatic nitrogens is 2. The van der Waals surface area contributed by atoms with E-state index in [1.54, 1.807) is 0 Å². The van der Waals surface area contributed by atoms with Crippen LogP contribution >= 0.6 is 0 Å². The van der Waals surface area contributed by atoms with Crippen molar-refractivity contribution < 1.29 is 4.52 Å². The number of guanidine groups is 1. The summed E-state index contributed by atoms with van der Waals surface area (Å²) in [6.07, 6.45) is 10.7. The summed E-state index contributed by atoms with van der Waals surface area (Å²) in [5, 5.41) is 10.7. The third kappa shape index (κ3) is 4.71. The van der Waals surface area contributed by atoms with Gasteiger partial charge >= 0.3 is 0 Å². The summed E-state index contributed by atoms with van der Waals surface area (Å²) in [5.41, 5.74) is 0.289. The van der Waals surface area contributed by atoms with Crippen LogP contribution in [0.2, 0.25) is 0 Å². The molecule has 0 amide bonds. The van der Waals surface area contributed by atoms with Gasteiger partial charge in [0.25, 0.3) is 0 Å². The predicted molar refractivity (Wildman–Crippen MR) is 98.5 cm³/mol. The second-order valence-electron chi connectivity index (χ2n) is 7.35. The van der Waals surface area contributed by atoms with Crippen LogP contribution in [0.3, 0.4) is 0 Å². The highest BCUT2D eigenvalue weighted by atomic mass is 16.5. The van der Waals surface area contributed by atoms with Gasteiger partial charge in [-0.3, -0.25) is 9.89 Å². The van der Waals surface area contributed by atoms with E-state index in [0.29, 0.717) is 18.3 Å². The molecular formula is C18H32N6O. The van der Waals surface area contributed by atoms with Crippen LogP contribution < -0.4 is 10.6 Å². The Hall–Kier alpha value is -1.63. The predicted octanol–water partition coefficient (Wildman–Crippen LogP) is 2.23. The van der Waals surface area contributed by atoms with Crippen LogP contribution in [0.5, 0.6) is 0 Å². The molecule has 0 radical (unpaired) electrons. The van der Waals surface area contributed by atoms with Gasteiger partial charge in [-0.15, -0.1) is 0 Å². The number of aliphatic imine (C=N–C) groups is 1. The number of hydrogen-bond donors (Lipinski definition) is 2. The van der Waals surface area contributed by atoms with Gasteiger partial charge in [0.05, 0.1) is 6.54 Å². The minimum Gasteiger partial charge on any atom is -0.355 e. The molecule has 0 aromatic carbocycles. The van der Waals surface area contributed by atoms with Crippen molar-refractivity contribution in [3.63, 3.8) is 0 Å². The monoisotopic (exact) mass is 348 g/mol. The van der Waals surface area contributed by atoms with E-state index < -0.39 is 0 Å². The number of nitrogens with one attached hydrogen (secondary N) is 2. The number of piperidine rings is 1. The maximum atomic E-state index is 5.15. The summed E-state index contributed by atoms with van der Waals surface area (Å²) in [6.45, 7) is 5.77. The summed E-state index contributed by atoms with van der Waals surface area (Å²) in [5.74, 6) is 2.05. The average molecular weight is 348 g/mol. The number of hydrogen-bond acceptors (Lipinski definition) is 5. The lowest BCUT2D eigenvalue weighted by Crippen LogP contribution is -2.59. The summed E-state index contributed by atoms with van der Waals surface area (Å²) in [6, 6.07) is 0. The van der Waals surface area contributed by atoms with Gasteiger partial charge in [-0.1, -0.05) is 30.8 Å². The fourth-order valence-electron chi connectivity index (χ4n) is 4.22. The molecule has 0 bridgehead atoms. The second-order valence-corrected chi connectivity index (χ2v) is 7.35. The molecule has 2 heterocycles. The minimum absolute atomic E-state index is 0.289. The zero-order valence-corrected chi connectivity index (χ0v) is 15.7. The van der Waals surface area contributed by atoms with Crippen LogP contribution in [0.1, 0.15) is 63.1 Å². The van der Waals surface area contributed by atoms with Crippen LogP contribution in [0, 0.1) is 6.92 Å². The Morgan fingerprint density at radius 1 is 1.12 bits per heavy atom. The maximum Gasteiger partial charge on any atom is 0.246 e. The van der Waals surface area contributed by atoms with Gasteiger partial charge in [-0.2, -0.15) is 4.98 Å². The van der Waals surface area contributed by atoms with Gasteiger partial charge in [-0.05, 0) is 45.7 Å². The van der Waals surface area contributed by atoms with Gasteiger partial charge in [0.2, 0.25) is 5.89 Å². The van der Waals surface area contributed by atoms with Crippen molar-refractivity contribution in [2.24, 2.45) is 4.99 Å². The summed E-state index contributed by atoms with van der Waals surface area (Å²) in [4.78, 5) is 11.3. The van der Waals surface area contributed by atoms with E-state index in [9.17, 15) is 0 Å². The standard InChI is InChI=1S/C18H32N6O/c1-15-22-16(25-23-15)13-20-17(19-2)21-14-18(9-5-3-6-10-18)24-11-7-4-8-12-24/h3-14H2,1-2H3,(H2,19,20,21). The van der Waals surface area contributed by atoms with E-state index >= 15 is 0 Å². The van der Waals surface area contributed by atoms with E-state index in [1.165, 1.54) is 64.5 Å². The Bertz CT molecular complexity index is 558. The quantitative estimate of drug-likeness (QED) is 0.627. The molecule has 1 aliphatic heterocycles. The molecule has 2 fully saturated rings. The fourth-order valence-corrected chi connectivity index (χ4v) is 4.22. The first kappa shape index (κ1) is 18.2. The van der Waals surface area contributed by atoms with Crippen molar-refractivity contribution in [2.45, 2.75) is 70.4 Å². The zero-order valence-electron chi connectivity index (χ0n) is 15.7. The molecule has 2 N–H and O–H groups in total. The molecule has 1 saturated heterocycles. The lowest BCUT2D eigenvalue weighted by atomic mass is 9.79. The SMILES string of the molecule is CN=C(NCc1nc(C)no1)NCC1(N2CCCCC2)CCCCC1. The van der Waals surface area contributed by atoms with Crippen molar-refractivity contribution >= 4 is 5.96 Å². The topological polar surface area (TPSA) is 78.6 Å². The van der Waals surface area contributed by atoms with E-state index in [1.807, 2.05) is 14.0 Å². The molecule has 7 nitrogen and oxygen atoms in total. The third-order valence-electron chi connectivity index (χ3n) is 5.60. The first-order valence-electron chi connectivity index (χ1n) is 9.71. The molecule has 140 valence electrons. The maximum absolute atomic E-state index is 5.15. The zero-order chi connectivity index (χ0) is 17.5.